The van der Waals surface area contributed by atoms with E-state index in [2.05, 4.69) is 10.4 Å². The molecule has 3 N–H and O–H groups in total. The first-order valence-electron chi connectivity index (χ1n) is 7.16. The summed E-state index contributed by atoms with van der Waals surface area (Å²) in [4.78, 5) is 12.2. The molecule has 0 spiro atoms. The lowest BCUT2D eigenvalue weighted by molar-refractivity contribution is 0.0933. The van der Waals surface area contributed by atoms with E-state index in [1.165, 1.54) is 0 Å². The van der Waals surface area contributed by atoms with Gasteiger partial charge in [-0.25, -0.2) is 8.42 Å². The van der Waals surface area contributed by atoms with E-state index in [1.54, 1.807) is 10.9 Å². The molecule has 1 aliphatic heterocycles. The molecule has 21 heavy (non-hydrogen) atoms. The van der Waals surface area contributed by atoms with Gasteiger partial charge >= 0.3 is 0 Å². The van der Waals surface area contributed by atoms with Crippen LogP contribution in [0.25, 0.3) is 0 Å². The largest absolute Gasteiger partial charge is 0.349 e. The predicted molar refractivity (Wildman–Crippen MR) is 79.8 cm³/mol. The van der Waals surface area contributed by atoms with Crippen molar-refractivity contribution < 1.29 is 13.2 Å². The second kappa shape index (κ2) is 6.57. The summed E-state index contributed by atoms with van der Waals surface area (Å²) in [6, 6.07) is -0.0761. The third-order valence-corrected chi connectivity index (χ3v) is 5.53. The van der Waals surface area contributed by atoms with Crippen LogP contribution < -0.4 is 11.1 Å². The normalized spacial score (nSPS) is 18.6. The molecule has 1 aliphatic rings. The molecule has 1 saturated heterocycles. The summed E-state index contributed by atoms with van der Waals surface area (Å²) in [5, 5.41) is 7.10. The number of aryl methyl sites for hydroxylation is 1. The van der Waals surface area contributed by atoms with Crippen molar-refractivity contribution >= 4 is 15.7 Å². The van der Waals surface area contributed by atoms with Gasteiger partial charge in [-0.1, -0.05) is 0 Å². The van der Waals surface area contributed by atoms with Gasteiger partial charge in [0.25, 0.3) is 5.91 Å². The molecule has 1 fully saturated rings. The number of aromatic nitrogens is 2. The summed E-state index contributed by atoms with van der Waals surface area (Å²) in [6.07, 6.45) is 3.33. The maximum absolute atomic E-state index is 12.2. The quantitative estimate of drug-likeness (QED) is 0.786. The molecule has 0 saturated carbocycles. The van der Waals surface area contributed by atoms with E-state index in [0.29, 0.717) is 31.5 Å². The molecule has 1 amide bonds. The topological polar surface area (TPSA) is 107 Å². The molecule has 118 valence electrons. The summed E-state index contributed by atoms with van der Waals surface area (Å²) in [5.74, 6) is 0.107. The highest BCUT2D eigenvalue weighted by Crippen LogP contribution is 2.14. The van der Waals surface area contributed by atoms with Gasteiger partial charge in [-0.2, -0.15) is 5.10 Å². The Morgan fingerprint density at radius 3 is 2.76 bits per heavy atom. The smallest absolute Gasteiger partial charge is 0.254 e. The van der Waals surface area contributed by atoms with Crippen LogP contribution in [-0.2, 0) is 16.4 Å². The highest BCUT2D eigenvalue weighted by molar-refractivity contribution is 7.91. The first-order valence-corrected chi connectivity index (χ1v) is 8.99. The predicted octanol–water partition coefficient (Wildman–Crippen LogP) is -0.153. The van der Waals surface area contributed by atoms with Crippen LogP contribution in [0.15, 0.2) is 6.20 Å². The van der Waals surface area contributed by atoms with E-state index in [-0.39, 0.29) is 23.5 Å². The molecule has 8 heteroatoms. The Morgan fingerprint density at radius 1 is 1.48 bits per heavy atom. The highest BCUT2D eigenvalue weighted by Gasteiger charge is 2.25. The van der Waals surface area contributed by atoms with Crippen molar-refractivity contribution in [1.82, 2.24) is 15.1 Å². The molecule has 2 heterocycles. The Labute approximate surface area is 124 Å². The fourth-order valence-electron chi connectivity index (χ4n) is 2.43. The number of nitrogens with zero attached hydrogens (tertiary/aromatic N) is 2. The van der Waals surface area contributed by atoms with E-state index in [4.69, 9.17) is 5.73 Å². The van der Waals surface area contributed by atoms with Gasteiger partial charge in [-0.05, 0) is 32.7 Å². The minimum absolute atomic E-state index is 0.0761. The number of hydrogen-bond donors (Lipinski definition) is 2. The highest BCUT2D eigenvalue weighted by atomic mass is 32.2. The third kappa shape index (κ3) is 4.04. The van der Waals surface area contributed by atoms with Crippen LogP contribution in [0, 0.1) is 6.92 Å². The average molecular weight is 314 g/mol. The molecule has 0 aromatic carbocycles. The molecular formula is C13H22N4O3S. The lowest BCUT2D eigenvalue weighted by Crippen LogP contribution is -2.41. The monoisotopic (exact) mass is 314 g/mol. The number of nitrogens with one attached hydrogen (secondary N) is 1. The second-order valence-electron chi connectivity index (χ2n) is 5.41. The van der Waals surface area contributed by atoms with Gasteiger partial charge in [0.2, 0.25) is 0 Å². The van der Waals surface area contributed by atoms with Crippen LogP contribution in [0.3, 0.4) is 0 Å². The molecule has 0 radical (unpaired) electrons. The standard InChI is InChI=1S/C13H22N4O3S/c1-10-12(9-15-17(10)6-2-5-14)13(18)16-11-3-7-21(19,20)8-4-11/h9,11H,2-8,14H2,1H3,(H,16,18). The second-order valence-corrected chi connectivity index (χ2v) is 7.71. The number of rotatable bonds is 5. The number of sulfone groups is 1. The minimum atomic E-state index is -2.91. The first-order chi connectivity index (χ1) is 9.93. The van der Waals surface area contributed by atoms with Gasteiger partial charge in [0, 0.05) is 18.3 Å². The van der Waals surface area contributed by atoms with Gasteiger partial charge < -0.3 is 11.1 Å². The van der Waals surface area contributed by atoms with Crippen LogP contribution in [0.1, 0.15) is 35.3 Å². The van der Waals surface area contributed by atoms with Crippen LogP contribution in [0.5, 0.6) is 0 Å². The Kier molecular flexibility index (Phi) is 5.00. The van der Waals surface area contributed by atoms with Crippen molar-refractivity contribution in [3.05, 3.63) is 17.5 Å². The summed E-state index contributed by atoms with van der Waals surface area (Å²) in [5.41, 5.74) is 6.82. The number of hydrogen-bond acceptors (Lipinski definition) is 5. The molecule has 0 bridgehead atoms. The Bertz CT molecular complexity index is 595. The van der Waals surface area contributed by atoms with E-state index in [0.717, 1.165) is 12.1 Å². The minimum Gasteiger partial charge on any atom is -0.349 e. The maximum atomic E-state index is 12.2. The molecule has 0 unspecified atom stereocenters. The van der Waals surface area contributed by atoms with Crippen LogP contribution in [-0.4, -0.2) is 48.2 Å². The molecular weight excluding hydrogens is 292 g/mol. The van der Waals surface area contributed by atoms with Crippen LogP contribution in [0.2, 0.25) is 0 Å². The van der Waals surface area contributed by atoms with Crippen LogP contribution >= 0.6 is 0 Å². The summed E-state index contributed by atoms with van der Waals surface area (Å²) in [7, 11) is -2.91. The lowest BCUT2D eigenvalue weighted by Gasteiger charge is -2.22. The SMILES string of the molecule is Cc1c(C(=O)NC2CCS(=O)(=O)CC2)cnn1CCCN. The van der Waals surface area contributed by atoms with Gasteiger partial charge in [-0.15, -0.1) is 0 Å². The Balaban J connectivity index is 1.96. The Hall–Kier alpha value is -1.41. The van der Waals surface area contributed by atoms with Crippen molar-refractivity contribution in [2.45, 2.75) is 38.8 Å². The zero-order valence-electron chi connectivity index (χ0n) is 12.2. The number of nitrogens with two attached hydrogens (primary N) is 1. The zero-order valence-corrected chi connectivity index (χ0v) is 13.0. The van der Waals surface area contributed by atoms with Crippen molar-refractivity contribution in [3.8, 4) is 0 Å². The molecule has 0 atom stereocenters. The van der Waals surface area contributed by atoms with Crippen molar-refractivity contribution in [2.24, 2.45) is 5.73 Å². The number of carbonyl (C=O) groups is 1. The Morgan fingerprint density at radius 2 is 2.14 bits per heavy atom. The summed E-state index contributed by atoms with van der Waals surface area (Å²) in [6.45, 7) is 3.12. The van der Waals surface area contributed by atoms with Crippen molar-refractivity contribution in [3.63, 3.8) is 0 Å². The molecule has 2 rings (SSSR count). The van der Waals surface area contributed by atoms with E-state index < -0.39 is 9.84 Å². The molecule has 0 aliphatic carbocycles. The number of amides is 1. The van der Waals surface area contributed by atoms with Gasteiger partial charge in [-0.3, -0.25) is 9.48 Å². The lowest BCUT2D eigenvalue weighted by atomic mass is 10.1. The van der Waals surface area contributed by atoms with Crippen molar-refractivity contribution in [1.29, 1.82) is 0 Å². The van der Waals surface area contributed by atoms with Crippen LogP contribution in [0.4, 0.5) is 0 Å². The van der Waals surface area contributed by atoms with E-state index in [9.17, 15) is 13.2 Å². The average Bonchev–Trinajstić information content (AvgIpc) is 2.80. The van der Waals surface area contributed by atoms with Gasteiger partial charge in [0.05, 0.1) is 23.3 Å². The van der Waals surface area contributed by atoms with Gasteiger partial charge in [0.1, 0.15) is 9.84 Å². The summed E-state index contributed by atoms with van der Waals surface area (Å²) < 4.78 is 24.5. The molecule has 1 aromatic heterocycles. The van der Waals surface area contributed by atoms with E-state index in [1.807, 2.05) is 6.92 Å². The maximum Gasteiger partial charge on any atom is 0.254 e. The summed E-state index contributed by atoms with van der Waals surface area (Å²) >= 11 is 0. The fraction of sp³-hybridized carbons (Fsp3) is 0.692. The number of carbonyl (C=O) groups excluding carboxylic acids is 1. The zero-order chi connectivity index (χ0) is 15.5. The third-order valence-electron chi connectivity index (χ3n) is 3.81. The van der Waals surface area contributed by atoms with Gasteiger partial charge in [0.15, 0.2) is 0 Å². The molecule has 7 nitrogen and oxygen atoms in total. The fourth-order valence-corrected chi connectivity index (χ4v) is 3.92. The van der Waals surface area contributed by atoms with Crippen molar-refractivity contribution in [2.75, 3.05) is 18.1 Å². The first kappa shape index (κ1) is 16.0. The molecule has 1 aromatic rings. The van der Waals surface area contributed by atoms with E-state index >= 15 is 0 Å².